The van der Waals surface area contributed by atoms with Gasteiger partial charge in [0.05, 0.1) is 28.6 Å². The molecule has 3 amide bonds. The molecule has 2 aromatic carbocycles. The van der Waals surface area contributed by atoms with Gasteiger partial charge >= 0.3 is 0 Å². The minimum absolute atomic E-state index is 0.0635. The van der Waals surface area contributed by atoms with Crippen molar-refractivity contribution in [3.63, 3.8) is 0 Å². The first kappa shape index (κ1) is 18.9. The van der Waals surface area contributed by atoms with E-state index in [1.807, 2.05) is 12.1 Å². The molecular formula is C20H18N4O4S. The molecule has 0 saturated heterocycles. The molecule has 2 heterocycles. The standard InChI is InChI=1S/C20H18N4O4S/c1-28-11-6-7-14-16(10-11)29-20(23-14)24-17(25)9-8-15-19(27)21-13-5-3-2-4-12(13)18(26)22-15/h2-7,10,15H,8-9H2,1H3,(H,21,27)(H,22,26)(H,23,24,25)/t15-/m0/s1. The summed E-state index contributed by atoms with van der Waals surface area (Å²) in [4.78, 5) is 41.4. The topological polar surface area (TPSA) is 109 Å². The average molecular weight is 410 g/mol. The molecule has 1 aromatic heterocycles. The number of anilines is 2. The van der Waals surface area contributed by atoms with Gasteiger partial charge in [0.25, 0.3) is 5.91 Å². The monoisotopic (exact) mass is 410 g/mol. The molecule has 0 spiro atoms. The van der Waals surface area contributed by atoms with Crippen molar-refractivity contribution in [1.29, 1.82) is 0 Å². The molecule has 0 radical (unpaired) electrons. The predicted molar refractivity (Wildman–Crippen MR) is 110 cm³/mol. The molecule has 0 saturated carbocycles. The number of thiazole rings is 1. The third-order valence-corrected chi connectivity index (χ3v) is 5.49. The van der Waals surface area contributed by atoms with Crippen LogP contribution in [0.1, 0.15) is 23.2 Å². The van der Waals surface area contributed by atoms with Crippen LogP contribution in [0.3, 0.4) is 0 Å². The van der Waals surface area contributed by atoms with Crippen LogP contribution >= 0.6 is 11.3 Å². The van der Waals surface area contributed by atoms with Gasteiger partial charge in [0.2, 0.25) is 11.8 Å². The van der Waals surface area contributed by atoms with Crippen molar-refractivity contribution >= 4 is 50.1 Å². The molecule has 0 aliphatic carbocycles. The highest BCUT2D eigenvalue weighted by Gasteiger charge is 2.27. The third-order valence-electron chi connectivity index (χ3n) is 4.55. The number of benzene rings is 2. The number of nitrogens with zero attached hydrogens (tertiary/aromatic N) is 1. The summed E-state index contributed by atoms with van der Waals surface area (Å²) >= 11 is 1.34. The van der Waals surface area contributed by atoms with Gasteiger partial charge in [0.1, 0.15) is 11.8 Å². The largest absolute Gasteiger partial charge is 0.497 e. The van der Waals surface area contributed by atoms with E-state index >= 15 is 0 Å². The Morgan fingerprint density at radius 3 is 2.90 bits per heavy atom. The van der Waals surface area contributed by atoms with E-state index in [-0.39, 0.29) is 30.6 Å². The predicted octanol–water partition coefficient (Wildman–Crippen LogP) is 2.77. The molecule has 9 heteroatoms. The third kappa shape index (κ3) is 4.04. The summed E-state index contributed by atoms with van der Waals surface area (Å²) < 4.78 is 6.09. The van der Waals surface area contributed by atoms with Crippen LogP contribution in [0.4, 0.5) is 10.8 Å². The lowest BCUT2D eigenvalue weighted by molar-refractivity contribution is -0.118. The maximum atomic E-state index is 12.4. The molecule has 1 aliphatic heterocycles. The number of amides is 3. The highest BCUT2D eigenvalue weighted by atomic mass is 32.1. The van der Waals surface area contributed by atoms with Gasteiger partial charge in [-0.25, -0.2) is 4.98 Å². The molecule has 3 aromatic rings. The maximum Gasteiger partial charge on any atom is 0.254 e. The fraction of sp³-hybridized carbons (Fsp3) is 0.200. The molecule has 1 atom stereocenters. The van der Waals surface area contributed by atoms with Crippen LogP contribution in [0.15, 0.2) is 42.5 Å². The first-order valence-corrected chi connectivity index (χ1v) is 9.80. The number of carbonyl (C=O) groups excluding carboxylic acids is 3. The SMILES string of the molecule is COc1ccc2nc(NC(=O)CC[C@@H]3NC(=O)c4ccccc4NC3=O)sc2c1. The van der Waals surface area contributed by atoms with E-state index in [4.69, 9.17) is 4.74 Å². The van der Waals surface area contributed by atoms with E-state index in [9.17, 15) is 14.4 Å². The number of para-hydroxylation sites is 1. The van der Waals surface area contributed by atoms with Crippen molar-refractivity contribution < 1.29 is 19.1 Å². The summed E-state index contributed by atoms with van der Waals surface area (Å²) in [7, 11) is 1.59. The normalized spacial score (nSPS) is 15.8. The summed E-state index contributed by atoms with van der Waals surface area (Å²) in [5.74, 6) is -0.248. The van der Waals surface area contributed by atoms with Crippen molar-refractivity contribution in [2.45, 2.75) is 18.9 Å². The Hall–Kier alpha value is -3.46. The molecule has 0 fully saturated rings. The zero-order valence-corrected chi connectivity index (χ0v) is 16.3. The zero-order chi connectivity index (χ0) is 20.4. The fourth-order valence-electron chi connectivity index (χ4n) is 3.06. The molecule has 0 unspecified atom stereocenters. The molecule has 8 nitrogen and oxygen atoms in total. The van der Waals surface area contributed by atoms with Crippen LogP contribution in [-0.4, -0.2) is 35.9 Å². The van der Waals surface area contributed by atoms with Crippen LogP contribution in [0.2, 0.25) is 0 Å². The highest BCUT2D eigenvalue weighted by Crippen LogP contribution is 2.29. The van der Waals surface area contributed by atoms with E-state index in [1.165, 1.54) is 11.3 Å². The van der Waals surface area contributed by atoms with Gasteiger partial charge in [0, 0.05) is 6.42 Å². The summed E-state index contributed by atoms with van der Waals surface area (Å²) in [5.41, 5.74) is 1.63. The average Bonchev–Trinajstić information content (AvgIpc) is 3.06. The van der Waals surface area contributed by atoms with Gasteiger partial charge in [-0.05, 0) is 36.8 Å². The van der Waals surface area contributed by atoms with Crippen LogP contribution < -0.4 is 20.7 Å². The number of hydrogen-bond acceptors (Lipinski definition) is 6. The van der Waals surface area contributed by atoms with E-state index < -0.39 is 6.04 Å². The minimum Gasteiger partial charge on any atom is -0.497 e. The van der Waals surface area contributed by atoms with Gasteiger partial charge in [0.15, 0.2) is 5.13 Å². The number of rotatable bonds is 5. The maximum absolute atomic E-state index is 12.4. The quantitative estimate of drug-likeness (QED) is 0.599. The van der Waals surface area contributed by atoms with Crippen LogP contribution in [-0.2, 0) is 9.59 Å². The van der Waals surface area contributed by atoms with Gasteiger partial charge < -0.3 is 20.7 Å². The molecule has 4 rings (SSSR count). The Labute approximate surface area is 170 Å². The number of carbonyl (C=O) groups is 3. The van der Waals surface area contributed by atoms with Crippen LogP contribution in [0.25, 0.3) is 10.2 Å². The second-order valence-corrected chi connectivity index (χ2v) is 7.53. The molecule has 3 N–H and O–H groups in total. The first-order valence-electron chi connectivity index (χ1n) is 8.98. The Morgan fingerprint density at radius 2 is 2.07 bits per heavy atom. The van der Waals surface area contributed by atoms with Gasteiger partial charge in [-0.1, -0.05) is 23.5 Å². The second-order valence-electron chi connectivity index (χ2n) is 6.50. The summed E-state index contributed by atoms with van der Waals surface area (Å²) in [6, 6.07) is 11.5. The van der Waals surface area contributed by atoms with Crippen molar-refractivity contribution in [3.8, 4) is 5.75 Å². The number of methoxy groups -OCH3 is 1. The fourth-order valence-corrected chi connectivity index (χ4v) is 3.97. The van der Waals surface area contributed by atoms with Crippen molar-refractivity contribution in [1.82, 2.24) is 10.3 Å². The van der Waals surface area contributed by atoms with Crippen LogP contribution in [0.5, 0.6) is 5.75 Å². The lowest BCUT2D eigenvalue weighted by atomic mass is 10.1. The van der Waals surface area contributed by atoms with Crippen molar-refractivity contribution in [2.75, 3.05) is 17.7 Å². The van der Waals surface area contributed by atoms with E-state index in [2.05, 4.69) is 20.9 Å². The van der Waals surface area contributed by atoms with Crippen molar-refractivity contribution in [3.05, 3.63) is 48.0 Å². The van der Waals surface area contributed by atoms with Gasteiger partial charge in [-0.15, -0.1) is 0 Å². The Balaban J connectivity index is 1.38. The van der Waals surface area contributed by atoms with E-state index in [0.717, 1.165) is 16.0 Å². The Morgan fingerprint density at radius 1 is 1.24 bits per heavy atom. The smallest absolute Gasteiger partial charge is 0.254 e. The number of nitrogens with one attached hydrogen (secondary N) is 3. The molecule has 29 heavy (non-hydrogen) atoms. The molecule has 148 valence electrons. The summed E-state index contributed by atoms with van der Waals surface area (Å²) in [6.45, 7) is 0. The lowest BCUT2D eigenvalue weighted by Crippen LogP contribution is -2.41. The lowest BCUT2D eigenvalue weighted by Gasteiger charge is -2.13. The molecular weight excluding hydrogens is 392 g/mol. The molecule has 1 aliphatic rings. The molecule has 0 bridgehead atoms. The van der Waals surface area contributed by atoms with E-state index in [1.54, 1.807) is 37.4 Å². The second kappa shape index (κ2) is 7.88. The van der Waals surface area contributed by atoms with E-state index in [0.29, 0.717) is 16.4 Å². The number of fused-ring (bicyclic) bond motifs is 2. The minimum atomic E-state index is -0.791. The van der Waals surface area contributed by atoms with Crippen molar-refractivity contribution in [2.24, 2.45) is 0 Å². The number of ether oxygens (including phenoxy) is 1. The highest BCUT2D eigenvalue weighted by molar-refractivity contribution is 7.22. The first-order chi connectivity index (χ1) is 14.0. The van der Waals surface area contributed by atoms with Gasteiger partial charge in [-0.2, -0.15) is 0 Å². The zero-order valence-electron chi connectivity index (χ0n) is 15.5. The Bertz CT molecular complexity index is 1110. The number of aromatic nitrogens is 1. The van der Waals surface area contributed by atoms with Gasteiger partial charge in [-0.3, -0.25) is 14.4 Å². The van der Waals surface area contributed by atoms with Crippen LogP contribution in [0, 0.1) is 0 Å². The summed E-state index contributed by atoms with van der Waals surface area (Å²) in [5, 5.41) is 8.63. The number of hydrogen-bond donors (Lipinski definition) is 3. The Kier molecular flexibility index (Phi) is 5.13. The summed E-state index contributed by atoms with van der Waals surface area (Å²) in [6.07, 6.45) is 0.240.